The summed E-state index contributed by atoms with van der Waals surface area (Å²) in [5.74, 6) is -2.05. The average molecular weight is 328 g/mol. The molecule has 2 N–H and O–H groups in total. The topological polar surface area (TPSA) is 75.3 Å². The van der Waals surface area contributed by atoms with Gasteiger partial charge < -0.3 is 10.6 Å². The Morgan fingerprint density at radius 3 is 2.25 bits per heavy atom. The van der Waals surface area contributed by atoms with Gasteiger partial charge in [-0.1, -0.05) is 18.2 Å². The van der Waals surface area contributed by atoms with Crippen LogP contribution in [0.3, 0.4) is 0 Å². The summed E-state index contributed by atoms with van der Waals surface area (Å²) < 4.78 is 13.4. The highest BCUT2D eigenvalue weighted by Gasteiger charge is 2.13. The zero-order valence-corrected chi connectivity index (χ0v) is 13.1. The Kier molecular flexibility index (Phi) is 5.78. The molecule has 0 saturated heterocycles. The van der Waals surface area contributed by atoms with Crippen LogP contribution in [0.1, 0.15) is 22.8 Å². The van der Waals surface area contributed by atoms with Gasteiger partial charge in [-0.2, -0.15) is 0 Å². The second-order valence-electron chi connectivity index (χ2n) is 5.18. The summed E-state index contributed by atoms with van der Waals surface area (Å²) in [5.41, 5.74) is 1.40. The van der Waals surface area contributed by atoms with E-state index in [2.05, 4.69) is 10.6 Å². The molecule has 5 nitrogen and oxygen atoms in total. The summed E-state index contributed by atoms with van der Waals surface area (Å²) in [4.78, 5) is 34.7. The molecule has 0 fully saturated rings. The van der Waals surface area contributed by atoms with Crippen LogP contribution in [0, 0.1) is 5.82 Å². The van der Waals surface area contributed by atoms with Crippen LogP contribution in [0.2, 0.25) is 0 Å². The Morgan fingerprint density at radius 1 is 0.958 bits per heavy atom. The first-order valence-electron chi connectivity index (χ1n) is 7.41. The van der Waals surface area contributed by atoms with Gasteiger partial charge in [0, 0.05) is 17.8 Å². The van der Waals surface area contributed by atoms with Crippen LogP contribution < -0.4 is 10.6 Å². The van der Waals surface area contributed by atoms with Gasteiger partial charge in [-0.25, -0.2) is 4.39 Å². The average Bonchev–Trinajstić information content (AvgIpc) is 2.57. The first kappa shape index (κ1) is 17.3. The molecule has 0 saturated carbocycles. The van der Waals surface area contributed by atoms with Crippen molar-refractivity contribution in [2.24, 2.45) is 0 Å². The fraction of sp³-hybridized carbons (Fsp3) is 0.167. The number of carbonyl (C=O) groups is 3. The molecular formula is C18H17FN2O3. The highest BCUT2D eigenvalue weighted by Crippen LogP contribution is 2.10. The highest BCUT2D eigenvalue weighted by molar-refractivity contribution is 6.39. The van der Waals surface area contributed by atoms with Crippen molar-refractivity contribution in [3.63, 3.8) is 0 Å². The number of amides is 2. The van der Waals surface area contributed by atoms with Gasteiger partial charge in [0.2, 0.25) is 0 Å². The largest absolute Gasteiger partial charge is 0.347 e. The lowest BCUT2D eigenvalue weighted by Crippen LogP contribution is -2.36. The zero-order chi connectivity index (χ0) is 17.5. The van der Waals surface area contributed by atoms with E-state index >= 15 is 0 Å². The minimum atomic E-state index is -0.820. The van der Waals surface area contributed by atoms with Gasteiger partial charge in [-0.3, -0.25) is 14.4 Å². The molecule has 2 amide bonds. The molecule has 0 atom stereocenters. The number of nitrogens with one attached hydrogen (secondary N) is 2. The second kappa shape index (κ2) is 8.01. The fourth-order valence-corrected chi connectivity index (χ4v) is 2.07. The molecule has 0 radical (unpaired) electrons. The quantitative estimate of drug-likeness (QED) is 0.653. The monoisotopic (exact) mass is 328 g/mol. The van der Waals surface area contributed by atoms with Gasteiger partial charge in [0.15, 0.2) is 5.78 Å². The maximum Gasteiger partial charge on any atom is 0.313 e. The summed E-state index contributed by atoms with van der Waals surface area (Å²) in [5, 5.41) is 4.87. The SMILES string of the molecule is CC(=O)c1ccc(NC(=O)C(=O)NCCc2ccccc2F)cc1. The van der Waals surface area contributed by atoms with E-state index in [-0.39, 0.29) is 18.1 Å². The van der Waals surface area contributed by atoms with Crippen LogP contribution in [0.5, 0.6) is 0 Å². The van der Waals surface area contributed by atoms with E-state index in [0.717, 1.165) is 0 Å². The maximum atomic E-state index is 13.4. The van der Waals surface area contributed by atoms with E-state index in [1.807, 2.05) is 0 Å². The third-order valence-electron chi connectivity index (χ3n) is 3.39. The molecule has 0 aromatic heterocycles. The summed E-state index contributed by atoms with van der Waals surface area (Å²) in [6, 6.07) is 12.5. The molecule has 124 valence electrons. The molecule has 0 spiro atoms. The molecule has 0 bridgehead atoms. The van der Waals surface area contributed by atoms with E-state index in [1.54, 1.807) is 42.5 Å². The predicted molar refractivity (Wildman–Crippen MR) is 88.2 cm³/mol. The first-order chi connectivity index (χ1) is 11.5. The summed E-state index contributed by atoms with van der Waals surface area (Å²) in [6.07, 6.45) is 0.291. The van der Waals surface area contributed by atoms with Crippen molar-refractivity contribution in [3.8, 4) is 0 Å². The summed E-state index contributed by atoms with van der Waals surface area (Å²) in [7, 11) is 0. The molecule has 6 heteroatoms. The third kappa shape index (κ3) is 4.74. The summed E-state index contributed by atoms with van der Waals surface area (Å²) >= 11 is 0. The van der Waals surface area contributed by atoms with Crippen LogP contribution in [0.25, 0.3) is 0 Å². The minimum Gasteiger partial charge on any atom is -0.347 e. The smallest absolute Gasteiger partial charge is 0.313 e. The fourth-order valence-electron chi connectivity index (χ4n) is 2.07. The van der Waals surface area contributed by atoms with Crippen molar-refractivity contribution in [2.75, 3.05) is 11.9 Å². The number of hydrogen-bond donors (Lipinski definition) is 2. The number of halogens is 1. The van der Waals surface area contributed by atoms with E-state index in [1.165, 1.54) is 13.0 Å². The Balaban J connectivity index is 1.83. The molecule has 0 unspecified atom stereocenters. The number of ketones is 1. The number of anilines is 1. The van der Waals surface area contributed by atoms with Gasteiger partial charge in [-0.15, -0.1) is 0 Å². The predicted octanol–water partition coefficient (Wildman–Crippen LogP) is 2.33. The molecule has 2 aromatic rings. The lowest BCUT2D eigenvalue weighted by Gasteiger charge is -2.07. The second-order valence-corrected chi connectivity index (χ2v) is 5.18. The molecule has 2 rings (SSSR count). The molecule has 2 aromatic carbocycles. The van der Waals surface area contributed by atoms with Crippen molar-refractivity contribution in [3.05, 3.63) is 65.5 Å². The standard InChI is InChI=1S/C18H17FN2O3/c1-12(22)13-6-8-15(9-7-13)21-18(24)17(23)20-11-10-14-4-2-3-5-16(14)19/h2-9H,10-11H2,1H3,(H,20,23)(H,21,24). The molecule has 0 aliphatic heterocycles. The highest BCUT2D eigenvalue weighted by atomic mass is 19.1. The lowest BCUT2D eigenvalue weighted by atomic mass is 10.1. The maximum absolute atomic E-state index is 13.4. The zero-order valence-electron chi connectivity index (χ0n) is 13.1. The van der Waals surface area contributed by atoms with Gasteiger partial charge in [0.1, 0.15) is 5.82 Å². The van der Waals surface area contributed by atoms with Crippen molar-refractivity contribution in [1.29, 1.82) is 0 Å². The van der Waals surface area contributed by atoms with Crippen molar-refractivity contribution >= 4 is 23.3 Å². The van der Waals surface area contributed by atoms with Crippen LogP contribution in [0.4, 0.5) is 10.1 Å². The Hall–Kier alpha value is -3.02. The number of carbonyl (C=O) groups excluding carboxylic acids is 3. The van der Waals surface area contributed by atoms with Crippen molar-refractivity contribution in [2.45, 2.75) is 13.3 Å². The molecule has 0 aliphatic carbocycles. The van der Waals surface area contributed by atoms with E-state index in [9.17, 15) is 18.8 Å². The van der Waals surface area contributed by atoms with Gasteiger partial charge in [0.25, 0.3) is 0 Å². The normalized spacial score (nSPS) is 10.1. The number of benzene rings is 2. The Labute approximate surface area is 138 Å². The molecule has 0 heterocycles. The number of hydrogen-bond acceptors (Lipinski definition) is 3. The Bertz CT molecular complexity index is 757. The van der Waals surface area contributed by atoms with Gasteiger partial charge >= 0.3 is 11.8 Å². The first-order valence-corrected chi connectivity index (χ1v) is 7.41. The molecule has 0 aliphatic rings. The minimum absolute atomic E-state index is 0.0845. The van der Waals surface area contributed by atoms with Crippen LogP contribution in [-0.4, -0.2) is 24.1 Å². The van der Waals surface area contributed by atoms with E-state index in [0.29, 0.717) is 23.2 Å². The van der Waals surface area contributed by atoms with Crippen molar-refractivity contribution < 1.29 is 18.8 Å². The van der Waals surface area contributed by atoms with E-state index < -0.39 is 11.8 Å². The number of Topliss-reactive ketones (excluding diaryl/α,β-unsaturated/α-hetero) is 1. The number of rotatable bonds is 5. The molecular weight excluding hydrogens is 311 g/mol. The van der Waals surface area contributed by atoms with Crippen LogP contribution in [0.15, 0.2) is 48.5 Å². The lowest BCUT2D eigenvalue weighted by molar-refractivity contribution is -0.136. The Morgan fingerprint density at radius 2 is 1.62 bits per heavy atom. The van der Waals surface area contributed by atoms with Crippen molar-refractivity contribution in [1.82, 2.24) is 5.32 Å². The third-order valence-corrected chi connectivity index (χ3v) is 3.39. The van der Waals surface area contributed by atoms with E-state index in [4.69, 9.17) is 0 Å². The molecule has 24 heavy (non-hydrogen) atoms. The van der Waals surface area contributed by atoms with Crippen LogP contribution in [-0.2, 0) is 16.0 Å². The summed E-state index contributed by atoms with van der Waals surface area (Å²) in [6.45, 7) is 1.59. The van der Waals surface area contributed by atoms with Gasteiger partial charge in [0.05, 0.1) is 0 Å². The van der Waals surface area contributed by atoms with Crippen LogP contribution >= 0.6 is 0 Å². The van der Waals surface area contributed by atoms with Gasteiger partial charge in [-0.05, 0) is 49.2 Å².